The van der Waals surface area contributed by atoms with E-state index in [4.69, 9.17) is 9.72 Å². The Labute approximate surface area is 181 Å². The number of anilines is 1. The van der Waals surface area contributed by atoms with E-state index in [-0.39, 0.29) is 17.1 Å². The summed E-state index contributed by atoms with van der Waals surface area (Å²) in [5.41, 5.74) is 1.45. The van der Waals surface area contributed by atoms with Gasteiger partial charge in [-0.3, -0.25) is 4.79 Å². The van der Waals surface area contributed by atoms with Crippen LogP contribution in [0.5, 0.6) is 11.6 Å². The van der Waals surface area contributed by atoms with Gasteiger partial charge in [0.15, 0.2) is 11.6 Å². The SMILES string of the molecule is CC(C)(C)CC(=O)N1CCc2nc(N3CCCC3)nc(Oc3ccc(F)c(F)c3)c2C1. The number of fused-ring (bicyclic) bond motifs is 1. The van der Waals surface area contributed by atoms with Crippen molar-refractivity contribution in [1.29, 1.82) is 0 Å². The first kappa shape index (κ1) is 21.5. The number of nitrogens with zero attached hydrogens (tertiary/aromatic N) is 4. The maximum absolute atomic E-state index is 13.7. The highest BCUT2D eigenvalue weighted by atomic mass is 19.2. The third-order valence-electron chi connectivity index (χ3n) is 5.54. The van der Waals surface area contributed by atoms with Crippen LogP contribution in [-0.4, -0.2) is 40.4 Å². The van der Waals surface area contributed by atoms with E-state index in [9.17, 15) is 13.6 Å². The van der Waals surface area contributed by atoms with Gasteiger partial charge in [-0.05, 0) is 30.4 Å². The predicted molar refractivity (Wildman–Crippen MR) is 113 cm³/mol. The number of halogens is 2. The van der Waals surface area contributed by atoms with Crippen LogP contribution < -0.4 is 9.64 Å². The Bertz CT molecular complexity index is 984. The molecule has 1 amide bonds. The Morgan fingerprint density at radius 1 is 1.10 bits per heavy atom. The van der Waals surface area contributed by atoms with Crippen LogP contribution in [0.15, 0.2) is 18.2 Å². The topological polar surface area (TPSA) is 58.6 Å². The summed E-state index contributed by atoms with van der Waals surface area (Å²) < 4.78 is 33.0. The number of benzene rings is 1. The van der Waals surface area contributed by atoms with Gasteiger partial charge in [0.1, 0.15) is 5.75 Å². The lowest BCUT2D eigenvalue weighted by atomic mass is 9.91. The number of hydrogen-bond donors (Lipinski definition) is 0. The summed E-state index contributed by atoms with van der Waals surface area (Å²) in [6, 6.07) is 3.40. The van der Waals surface area contributed by atoms with Crippen LogP contribution in [-0.2, 0) is 17.8 Å². The van der Waals surface area contributed by atoms with E-state index in [2.05, 4.69) is 9.88 Å². The van der Waals surface area contributed by atoms with Gasteiger partial charge >= 0.3 is 0 Å². The monoisotopic (exact) mass is 430 g/mol. The van der Waals surface area contributed by atoms with Gasteiger partial charge in [-0.2, -0.15) is 4.98 Å². The highest BCUT2D eigenvalue weighted by molar-refractivity contribution is 5.77. The van der Waals surface area contributed by atoms with E-state index in [0.29, 0.717) is 37.8 Å². The second-order valence-electron chi connectivity index (χ2n) is 9.43. The third-order valence-corrected chi connectivity index (χ3v) is 5.54. The second-order valence-corrected chi connectivity index (χ2v) is 9.43. The average molecular weight is 430 g/mol. The molecule has 2 aliphatic rings. The summed E-state index contributed by atoms with van der Waals surface area (Å²) in [7, 11) is 0. The molecule has 0 spiro atoms. The molecule has 1 fully saturated rings. The van der Waals surface area contributed by atoms with E-state index in [1.165, 1.54) is 6.07 Å². The molecule has 31 heavy (non-hydrogen) atoms. The first-order valence-electron chi connectivity index (χ1n) is 10.7. The molecule has 4 rings (SSSR count). The van der Waals surface area contributed by atoms with Crippen LogP contribution in [0.3, 0.4) is 0 Å². The highest BCUT2D eigenvalue weighted by Gasteiger charge is 2.30. The van der Waals surface area contributed by atoms with Crippen LogP contribution >= 0.6 is 0 Å². The quantitative estimate of drug-likeness (QED) is 0.716. The fraction of sp³-hybridized carbons (Fsp3) is 0.522. The highest BCUT2D eigenvalue weighted by Crippen LogP contribution is 2.33. The molecule has 8 heteroatoms. The summed E-state index contributed by atoms with van der Waals surface area (Å²) in [6.45, 7) is 8.77. The lowest BCUT2D eigenvalue weighted by molar-refractivity contribution is -0.134. The van der Waals surface area contributed by atoms with E-state index in [1.807, 2.05) is 20.8 Å². The van der Waals surface area contributed by atoms with Crippen molar-refractivity contribution in [3.05, 3.63) is 41.1 Å². The van der Waals surface area contributed by atoms with E-state index >= 15 is 0 Å². The number of ether oxygens (including phenoxy) is 1. The number of carbonyl (C=O) groups is 1. The predicted octanol–water partition coefficient (Wildman–Crippen LogP) is 4.47. The summed E-state index contributed by atoms with van der Waals surface area (Å²) in [5.74, 6) is -0.809. The van der Waals surface area contributed by atoms with Crippen molar-refractivity contribution < 1.29 is 18.3 Å². The molecule has 0 aliphatic carbocycles. The molecule has 166 valence electrons. The Balaban J connectivity index is 1.67. The summed E-state index contributed by atoms with van der Waals surface area (Å²) >= 11 is 0. The zero-order valence-electron chi connectivity index (χ0n) is 18.3. The first-order chi connectivity index (χ1) is 14.7. The Morgan fingerprint density at radius 2 is 1.84 bits per heavy atom. The molecule has 0 atom stereocenters. The second kappa shape index (κ2) is 8.40. The summed E-state index contributed by atoms with van der Waals surface area (Å²) in [4.78, 5) is 26.1. The van der Waals surface area contributed by atoms with Crippen LogP contribution in [0, 0.1) is 17.0 Å². The Hall–Kier alpha value is -2.77. The number of aromatic nitrogens is 2. The van der Waals surface area contributed by atoms with Crippen molar-refractivity contribution in [1.82, 2.24) is 14.9 Å². The minimum Gasteiger partial charge on any atom is -0.438 e. The van der Waals surface area contributed by atoms with Crippen molar-refractivity contribution in [3.8, 4) is 11.6 Å². The minimum atomic E-state index is -0.984. The molecule has 2 aliphatic heterocycles. The first-order valence-corrected chi connectivity index (χ1v) is 10.7. The van der Waals surface area contributed by atoms with E-state index in [1.54, 1.807) is 4.90 Å². The van der Waals surface area contributed by atoms with Gasteiger partial charge in [-0.15, -0.1) is 0 Å². The third kappa shape index (κ3) is 4.94. The van der Waals surface area contributed by atoms with E-state index < -0.39 is 11.6 Å². The van der Waals surface area contributed by atoms with Crippen LogP contribution in [0.25, 0.3) is 0 Å². The Kier molecular flexibility index (Phi) is 5.81. The summed E-state index contributed by atoms with van der Waals surface area (Å²) in [5, 5.41) is 0. The van der Waals surface area contributed by atoms with Crippen LogP contribution in [0.4, 0.5) is 14.7 Å². The zero-order chi connectivity index (χ0) is 22.2. The van der Waals surface area contributed by atoms with Crippen molar-refractivity contribution in [2.24, 2.45) is 5.41 Å². The normalized spacial score (nSPS) is 16.4. The molecule has 1 aromatic carbocycles. The van der Waals surface area contributed by atoms with Crippen LogP contribution in [0.2, 0.25) is 0 Å². The van der Waals surface area contributed by atoms with Crippen molar-refractivity contribution in [2.75, 3.05) is 24.5 Å². The number of rotatable bonds is 4. The molecule has 6 nitrogen and oxygen atoms in total. The maximum atomic E-state index is 13.7. The number of hydrogen-bond acceptors (Lipinski definition) is 5. The minimum absolute atomic E-state index is 0.0700. The maximum Gasteiger partial charge on any atom is 0.229 e. The molecule has 0 radical (unpaired) electrons. The van der Waals surface area contributed by atoms with Crippen LogP contribution in [0.1, 0.15) is 51.3 Å². The largest absolute Gasteiger partial charge is 0.438 e. The molecule has 2 aromatic rings. The van der Waals surface area contributed by atoms with Gasteiger partial charge in [0.2, 0.25) is 17.7 Å². The smallest absolute Gasteiger partial charge is 0.229 e. The summed E-state index contributed by atoms with van der Waals surface area (Å²) in [6.07, 6.45) is 3.20. The van der Waals surface area contributed by atoms with Crippen molar-refractivity contribution in [3.63, 3.8) is 0 Å². The van der Waals surface area contributed by atoms with Crippen molar-refractivity contribution in [2.45, 2.75) is 53.0 Å². The molecular formula is C23H28F2N4O2. The fourth-order valence-corrected chi connectivity index (χ4v) is 3.94. The molecule has 1 aromatic heterocycles. The molecule has 1 saturated heterocycles. The average Bonchev–Trinajstić information content (AvgIpc) is 3.24. The molecular weight excluding hydrogens is 402 g/mol. The molecule has 0 bridgehead atoms. The van der Waals surface area contributed by atoms with E-state index in [0.717, 1.165) is 49.3 Å². The lowest BCUT2D eigenvalue weighted by Crippen LogP contribution is -2.38. The fourth-order valence-electron chi connectivity index (χ4n) is 3.94. The molecule has 0 saturated carbocycles. The number of amides is 1. The van der Waals surface area contributed by atoms with Gasteiger partial charge in [0, 0.05) is 38.5 Å². The molecule has 0 N–H and O–H groups in total. The van der Waals surface area contributed by atoms with Gasteiger partial charge in [-0.25, -0.2) is 13.8 Å². The van der Waals surface area contributed by atoms with Gasteiger partial charge in [0.05, 0.1) is 17.8 Å². The van der Waals surface area contributed by atoms with Crippen molar-refractivity contribution >= 4 is 11.9 Å². The Morgan fingerprint density at radius 3 is 2.52 bits per heavy atom. The van der Waals surface area contributed by atoms with Gasteiger partial charge < -0.3 is 14.5 Å². The lowest BCUT2D eigenvalue weighted by Gasteiger charge is -2.32. The standard InChI is InChI=1S/C23H28F2N4O2/c1-23(2,3)13-20(30)29-11-8-19-16(14-29)21(27-22(26-19)28-9-4-5-10-28)31-15-6-7-17(24)18(25)12-15/h6-7,12H,4-5,8-11,13-14H2,1-3H3. The zero-order valence-corrected chi connectivity index (χ0v) is 18.3. The molecule has 0 unspecified atom stereocenters. The molecule has 3 heterocycles. The van der Waals surface area contributed by atoms with Gasteiger partial charge in [-0.1, -0.05) is 20.8 Å². The number of carbonyl (C=O) groups excluding carboxylic acids is 1. The van der Waals surface area contributed by atoms with Gasteiger partial charge in [0.25, 0.3) is 0 Å².